The zero-order valence-corrected chi connectivity index (χ0v) is 13.5. The number of piperidine rings is 1. The summed E-state index contributed by atoms with van der Waals surface area (Å²) in [5.41, 5.74) is 12.7. The number of aromatic nitrogens is 2. The molecule has 1 saturated carbocycles. The fourth-order valence-electron chi connectivity index (χ4n) is 3.44. The smallest absolute Gasteiger partial charge is 0.222 e. The van der Waals surface area contributed by atoms with Gasteiger partial charge >= 0.3 is 0 Å². The quantitative estimate of drug-likeness (QED) is 0.761. The predicted octanol–water partition coefficient (Wildman–Crippen LogP) is 1.41. The van der Waals surface area contributed by atoms with Gasteiger partial charge in [0.25, 0.3) is 0 Å². The van der Waals surface area contributed by atoms with E-state index in [1.807, 2.05) is 6.07 Å². The molecular weight excluding hydrogens is 276 g/mol. The molecular formula is C16H28N6. The molecule has 122 valence electrons. The van der Waals surface area contributed by atoms with Crippen LogP contribution in [0.25, 0.3) is 0 Å². The van der Waals surface area contributed by atoms with E-state index in [2.05, 4.69) is 27.2 Å². The van der Waals surface area contributed by atoms with Crippen molar-refractivity contribution < 1.29 is 0 Å². The van der Waals surface area contributed by atoms with Crippen molar-refractivity contribution in [2.75, 3.05) is 37.7 Å². The summed E-state index contributed by atoms with van der Waals surface area (Å²) in [4.78, 5) is 11.1. The van der Waals surface area contributed by atoms with Gasteiger partial charge in [0.1, 0.15) is 5.82 Å². The molecule has 1 aliphatic heterocycles. The molecule has 0 amide bonds. The monoisotopic (exact) mass is 304 g/mol. The maximum atomic E-state index is 5.86. The Bertz CT molecular complexity index is 491. The number of nitrogen functional groups attached to an aromatic ring is 1. The molecule has 0 unspecified atom stereocenters. The maximum absolute atomic E-state index is 5.86. The van der Waals surface area contributed by atoms with Gasteiger partial charge < -0.3 is 21.7 Å². The third kappa shape index (κ3) is 3.87. The van der Waals surface area contributed by atoms with Crippen molar-refractivity contribution in [3.05, 3.63) is 11.8 Å². The molecule has 1 aromatic rings. The third-order valence-electron chi connectivity index (χ3n) is 5.05. The number of hydrogen-bond donors (Lipinski definition) is 3. The van der Waals surface area contributed by atoms with Crippen LogP contribution in [0.3, 0.4) is 0 Å². The lowest BCUT2D eigenvalue weighted by molar-refractivity contribution is 0.215. The number of nitrogens with one attached hydrogen (secondary N) is 1. The van der Waals surface area contributed by atoms with E-state index in [4.69, 9.17) is 11.5 Å². The molecule has 2 heterocycles. The van der Waals surface area contributed by atoms with Crippen LogP contribution in [0.2, 0.25) is 0 Å². The molecule has 0 radical (unpaired) electrons. The van der Waals surface area contributed by atoms with Crippen LogP contribution in [0.5, 0.6) is 0 Å². The van der Waals surface area contributed by atoms with E-state index in [1.54, 1.807) is 0 Å². The lowest BCUT2D eigenvalue weighted by Gasteiger charge is -2.32. The number of rotatable bonds is 5. The summed E-state index contributed by atoms with van der Waals surface area (Å²) in [5, 5.41) is 3.42. The Balaban J connectivity index is 1.49. The van der Waals surface area contributed by atoms with Gasteiger partial charge in [-0.3, -0.25) is 0 Å². The number of likely N-dealkylation sites (tertiary alicyclic amines) is 1. The van der Waals surface area contributed by atoms with E-state index in [0.717, 1.165) is 36.8 Å². The van der Waals surface area contributed by atoms with Crippen LogP contribution in [0.15, 0.2) is 6.07 Å². The molecule has 5 N–H and O–H groups in total. The SMILES string of the molecule is CN1CCC(CCNc2cc(C3CC(N)C3)nc(N)n2)CC1. The summed E-state index contributed by atoms with van der Waals surface area (Å²) in [7, 11) is 2.20. The lowest BCUT2D eigenvalue weighted by atomic mass is 9.78. The van der Waals surface area contributed by atoms with Gasteiger partial charge in [-0.1, -0.05) is 0 Å². The summed E-state index contributed by atoms with van der Waals surface area (Å²) >= 11 is 0. The average molecular weight is 304 g/mol. The summed E-state index contributed by atoms with van der Waals surface area (Å²) in [6.07, 6.45) is 5.81. The average Bonchev–Trinajstić information content (AvgIpc) is 2.45. The summed E-state index contributed by atoms with van der Waals surface area (Å²) in [5.74, 6) is 2.50. The Morgan fingerprint density at radius 2 is 2.00 bits per heavy atom. The molecule has 1 saturated heterocycles. The van der Waals surface area contributed by atoms with E-state index in [1.165, 1.54) is 32.4 Å². The highest BCUT2D eigenvalue weighted by Crippen LogP contribution is 2.35. The summed E-state index contributed by atoms with van der Waals surface area (Å²) < 4.78 is 0. The number of anilines is 2. The lowest BCUT2D eigenvalue weighted by Crippen LogP contribution is -2.35. The number of nitrogens with two attached hydrogens (primary N) is 2. The van der Waals surface area contributed by atoms with Gasteiger partial charge in [-0.05, 0) is 58.2 Å². The largest absolute Gasteiger partial charge is 0.370 e. The molecule has 22 heavy (non-hydrogen) atoms. The van der Waals surface area contributed by atoms with Crippen LogP contribution < -0.4 is 16.8 Å². The molecule has 3 rings (SSSR count). The van der Waals surface area contributed by atoms with Crippen molar-refractivity contribution in [1.29, 1.82) is 0 Å². The topological polar surface area (TPSA) is 93.1 Å². The van der Waals surface area contributed by atoms with Gasteiger partial charge in [0.15, 0.2) is 0 Å². The van der Waals surface area contributed by atoms with Crippen molar-refractivity contribution in [2.45, 2.75) is 44.1 Å². The van der Waals surface area contributed by atoms with E-state index >= 15 is 0 Å². The first-order chi connectivity index (χ1) is 10.6. The molecule has 0 aromatic carbocycles. The first-order valence-corrected chi connectivity index (χ1v) is 8.42. The molecule has 2 fully saturated rings. The van der Waals surface area contributed by atoms with E-state index < -0.39 is 0 Å². The fourth-order valence-corrected chi connectivity index (χ4v) is 3.44. The molecule has 0 spiro atoms. The van der Waals surface area contributed by atoms with E-state index in [-0.39, 0.29) is 0 Å². The standard InChI is InChI=1S/C16H28N6/c1-22-6-3-11(4-7-22)2-5-19-15-10-14(20-16(18)21-15)12-8-13(17)9-12/h10-13H,2-9,17H2,1H3,(H3,18,19,20,21). The van der Waals surface area contributed by atoms with Crippen molar-refractivity contribution >= 4 is 11.8 Å². The van der Waals surface area contributed by atoms with Crippen LogP contribution in [0.4, 0.5) is 11.8 Å². The van der Waals surface area contributed by atoms with Gasteiger partial charge in [-0.15, -0.1) is 0 Å². The third-order valence-corrected chi connectivity index (χ3v) is 5.05. The van der Waals surface area contributed by atoms with Crippen LogP contribution in [0.1, 0.15) is 43.7 Å². The molecule has 6 heteroatoms. The molecule has 1 aliphatic carbocycles. The second-order valence-electron chi connectivity index (χ2n) is 6.93. The maximum Gasteiger partial charge on any atom is 0.222 e. The summed E-state index contributed by atoms with van der Waals surface area (Å²) in [6.45, 7) is 3.39. The van der Waals surface area contributed by atoms with Crippen LogP contribution in [0, 0.1) is 5.92 Å². The molecule has 0 bridgehead atoms. The second-order valence-corrected chi connectivity index (χ2v) is 6.93. The highest BCUT2D eigenvalue weighted by Gasteiger charge is 2.29. The zero-order chi connectivity index (χ0) is 15.5. The van der Waals surface area contributed by atoms with Gasteiger partial charge in [-0.25, -0.2) is 4.98 Å². The minimum Gasteiger partial charge on any atom is -0.370 e. The molecule has 2 aliphatic rings. The normalized spacial score (nSPS) is 26.6. The first kappa shape index (κ1) is 15.5. The zero-order valence-electron chi connectivity index (χ0n) is 13.5. The Kier molecular flexibility index (Phi) is 4.78. The minimum atomic E-state index is 0.321. The van der Waals surface area contributed by atoms with Gasteiger partial charge in [0, 0.05) is 24.6 Å². The van der Waals surface area contributed by atoms with E-state index in [0.29, 0.717) is 17.9 Å². The Labute approximate surface area is 132 Å². The Morgan fingerprint density at radius 1 is 1.27 bits per heavy atom. The van der Waals surface area contributed by atoms with E-state index in [9.17, 15) is 0 Å². The fraction of sp³-hybridized carbons (Fsp3) is 0.750. The predicted molar refractivity (Wildman–Crippen MR) is 89.7 cm³/mol. The Morgan fingerprint density at radius 3 is 2.68 bits per heavy atom. The van der Waals surface area contributed by atoms with Crippen LogP contribution >= 0.6 is 0 Å². The highest BCUT2D eigenvalue weighted by atomic mass is 15.1. The van der Waals surface area contributed by atoms with Crippen molar-refractivity contribution in [3.8, 4) is 0 Å². The number of nitrogens with zero attached hydrogens (tertiary/aromatic N) is 3. The molecule has 1 aromatic heterocycles. The van der Waals surface area contributed by atoms with Crippen LogP contribution in [-0.4, -0.2) is 47.6 Å². The van der Waals surface area contributed by atoms with Crippen molar-refractivity contribution in [1.82, 2.24) is 14.9 Å². The Hall–Kier alpha value is -1.40. The van der Waals surface area contributed by atoms with Gasteiger partial charge in [0.2, 0.25) is 5.95 Å². The van der Waals surface area contributed by atoms with Gasteiger partial charge in [0.05, 0.1) is 5.69 Å². The van der Waals surface area contributed by atoms with Crippen molar-refractivity contribution in [2.24, 2.45) is 11.7 Å². The second kappa shape index (κ2) is 6.79. The first-order valence-electron chi connectivity index (χ1n) is 8.42. The minimum absolute atomic E-state index is 0.321. The van der Waals surface area contributed by atoms with Gasteiger partial charge in [-0.2, -0.15) is 4.98 Å². The van der Waals surface area contributed by atoms with Crippen molar-refractivity contribution in [3.63, 3.8) is 0 Å². The molecule has 6 nitrogen and oxygen atoms in total. The van der Waals surface area contributed by atoms with Crippen LogP contribution in [-0.2, 0) is 0 Å². The molecule has 0 atom stereocenters. The summed E-state index contributed by atoms with van der Waals surface area (Å²) in [6, 6.07) is 2.36. The highest BCUT2D eigenvalue weighted by molar-refractivity contribution is 5.42. The number of hydrogen-bond acceptors (Lipinski definition) is 6.